The fraction of sp³-hybridized carbons (Fsp3) is 0.857. The first-order valence-electron chi connectivity index (χ1n) is 21.6. The zero-order chi connectivity index (χ0) is 41.4. The van der Waals surface area contributed by atoms with Crippen molar-refractivity contribution >= 4 is 19.8 Å². The smallest absolute Gasteiger partial charge is 0.462 e. The van der Waals surface area contributed by atoms with E-state index in [-0.39, 0.29) is 12.8 Å². The summed E-state index contributed by atoms with van der Waals surface area (Å²) in [4.78, 5) is 35.5. The summed E-state index contributed by atoms with van der Waals surface area (Å²) in [7, 11) is -5.11. The van der Waals surface area contributed by atoms with Crippen LogP contribution in [0.1, 0.15) is 174 Å². The van der Waals surface area contributed by atoms with E-state index in [4.69, 9.17) is 18.5 Å². The van der Waals surface area contributed by atoms with Gasteiger partial charge >= 0.3 is 19.8 Å². The van der Waals surface area contributed by atoms with E-state index in [9.17, 15) is 44.6 Å². The van der Waals surface area contributed by atoms with E-state index in [1.165, 1.54) is 57.8 Å². The van der Waals surface area contributed by atoms with E-state index in [2.05, 4.69) is 38.2 Å². The van der Waals surface area contributed by atoms with Crippen LogP contribution in [-0.4, -0.2) is 98.3 Å². The van der Waals surface area contributed by atoms with Crippen LogP contribution in [0.15, 0.2) is 24.3 Å². The number of allylic oxidation sites excluding steroid dienone is 4. The molecule has 1 aliphatic carbocycles. The first kappa shape index (κ1) is 52.3. The molecule has 0 spiro atoms. The minimum Gasteiger partial charge on any atom is -0.462 e. The molecule has 6 unspecified atom stereocenters. The topological polar surface area (TPSA) is 210 Å². The minimum atomic E-state index is -5.11. The molecule has 0 aromatic carbocycles. The summed E-state index contributed by atoms with van der Waals surface area (Å²) < 4.78 is 33.4. The van der Waals surface area contributed by atoms with Crippen LogP contribution in [0.2, 0.25) is 0 Å². The van der Waals surface area contributed by atoms with Crippen LogP contribution in [0.5, 0.6) is 0 Å². The molecule has 0 saturated heterocycles. The highest BCUT2D eigenvalue weighted by Crippen LogP contribution is 2.47. The fourth-order valence-electron chi connectivity index (χ4n) is 6.46. The summed E-state index contributed by atoms with van der Waals surface area (Å²) in [5.74, 6) is -1.12. The summed E-state index contributed by atoms with van der Waals surface area (Å²) in [5, 5.41) is 50.0. The van der Waals surface area contributed by atoms with Gasteiger partial charge in [-0.15, -0.1) is 0 Å². The zero-order valence-electron chi connectivity index (χ0n) is 34.4. The highest BCUT2D eigenvalue weighted by molar-refractivity contribution is 7.47. The summed E-state index contributed by atoms with van der Waals surface area (Å²) in [6.07, 6.45) is 21.1. The number of carbonyl (C=O) groups excluding carboxylic acids is 2. The predicted molar refractivity (Wildman–Crippen MR) is 217 cm³/mol. The molecule has 14 heteroatoms. The molecule has 1 rings (SSSR count). The molecule has 1 saturated carbocycles. The number of ether oxygens (including phenoxy) is 2. The number of phosphoric ester groups is 1. The van der Waals surface area contributed by atoms with Crippen molar-refractivity contribution in [1.29, 1.82) is 0 Å². The van der Waals surface area contributed by atoms with Gasteiger partial charge in [0.2, 0.25) is 0 Å². The Balaban J connectivity index is 2.48. The van der Waals surface area contributed by atoms with E-state index in [0.29, 0.717) is 12.8 Å². The molecule has 1 aliphatic rings. The highest BCUT2D eigenvalue weighted by atomic mass is 31.2. The van der Waals surface area contributed by atoms with Gasteiger partial charge in [0.1, 0.15) is 43.2 Å². The third kappa shape index (κ3) is 25.6. The number of aliphatic hydroxyl groups excluding tert-OH is 5. The lowest BCUT2D eigenvalue weighted by atomic mass is 9.85. The Morgan fingerprint density at radius 2 is 0.946 bits per heavy atom. The number of unbranched alkanes of at least 4 members (excludes halogenated alkanes) is 19. The summed E-state index contributed by atoms with van der Waals surface area (Å²) in [6.45, 7) is 3.20. The molecular formula is C42H77O13P. The lowest BCUT2D eigenvalue weighted by Gasteiger charge is -2.41. The van der Waals surface area contributed by atoms with Crippen LogP contribution in [0.4, 0.5) is 0 Å². The molecule has 0 aliphatic heterocycles. The van der Waals surface area contributed by atoms with Gasteiger partial charge < -0.3 is 39.9 Å². The molecule has 0 radical (unpaired) electrons. The van der Waals surface area contributed by atoms with Gasteiger partial charge in [-0.2, -0.15) is 0 Å². The third-order valence-electron chi connectivity index (χ3n) is 10.00. The van der Waals surface area contributed by atoms with Crippen molar-refractivity contribution in [3.05, 3.63) is 24.3 Å². The van der Waals surface area contributed by atoms with Crippen molar-refractivity contribution in [1.82, 2.24) is 0 Å². The van der Waals surface area contributed by atoms with E-state index in [1.54, 1.807) is 0 Å². The van der Waals surface area contributed by atoms with Gasteiger partial charge in [-0.3, -0.25) is 18.6 Å². The number of hydrogen-bond acceptors (Lipinski definition) is 12. The predicted octanol–water partition coefficient (Wildman–Crippen LogP) is 7.67. The van der Waals surface area contributed by atoms with Crippen molar-refractivity contribution in [2.24, 2.45) is 0 Å². The average molecular weight is 821 g/mol. The van der Waals surface area contributed by atoms with Crippen LogP contribution in [0.25, 0.3) is 0 Å². The normalized spacial score (nSPS) is 23.1. The molecule has 6 N–H and O–H groups in total. The Kier molecular flexibility index (Phi) is 31.0. The first-order chi connectivity index (χ1) is 26.9. The fourth-order valence-corrected chi connectivity index (χ4v) is 7.43. The quantitative estimate of drug-likeness (QED) is 0.0157. The summed E-state index contributed by atoms with van der Waals surface area (Å²) in [5.41, 5.74) is 0. The van der Waals surface area contributed by atoms with Crippen molar-refractivity contribution in [3.8, 4) is 0 Å². The Hall–Kier alpha value is -1.67. The maximum Gasteiger partial charge on any atom is 0.472 e. The van der Waals surface area contributed by atoms with Crippen LogP contribution in [-0.2, 0) is 32.7 Å². The molecule has 6 atom stereocenters. The monoisotopic (exact) mass is 821 g/mol. The van der Waals surface area contributed by atoms with Gasteiger partial charge in [-0.05, 0) is 57.8 Å². The number of esters is 2. The third-order valence-corrected chi connectivity index (χ3v) is 11.0. The second-order valence-corrected chi connectivity index (χ2v) is 16.6. The maximum absolute atomic E-state index is 12.8. The van der Waals surface area contributed by atoms with Crippen LogP contribution < -0.4 is 0 Å². The summed E-state index contributed by atoms with van der Waals surface area (Å²) >= 11 is 0. The second kappa shape index (κ2) is 33.2. The van der Waals surface area contributed by atoms with E-state index < -0.39 is 75.7 Å². The van der Waals surface area contributed by atoms with Gasteiger partial charge in [-0.1, -0.05) is 128 Å². The van der Waals surface area contributed by atoms with Gasteiger partial charge in [-0.25, -0.2) is 4.57 Å². The van der Waals surface area contributed by atoms with Crippen molar-refractivity contribution in [2.45, 2.75) is 217 Å². The molecule has 1 fully saturated rings. The number of carbonyl (C=O) groups is 2. The standard InChI is InChI=1S/C42H77O13P/c1-3-5-7-9-11-13-15-16-17-18-19-20-21-23-25-27-29-31-36(44)54-34(32-52-35(43)30-28-26-24-22-14-12-10-8-6-4-2)33-53-56(50,51)55-42-40(48)38(46)37(45)39(47)41(42)49/h8,10,16-17,34,37-42,45-49H,3-7,9,11-15,18-33H2,1-2H3,(H,50,51)/b10-8-,17-16-. The Morgan fingerprint density at radius 3 is 1.43 bits per heavy atom. The number of hydrogen-bond donors (Lipinski definition) is 6. The largest absolute Gasteiger partial charge is 0.472 e. The molecule has 0 bridgehead atoms. The molecular weight excluding hydrogens is 743 g/mol. The Bertz CT molecular complexity index is 1090. The average Bonchev–Trinajstić information content (AvgIpc) is 3.18. The van der Waals surface area contributed by atoms with E-state index >= 15 is 0 Å². The Morgan fingerprint density at radius 1 is 0.536 bits per heavy atom. The lowest BCUT2D eigenvalue weighted by Crippen LogP contribution is -2.64. The maximum atomic E-state index is 12.8. The van der Waals surface area contributed by atoms with Gasteiger partial charge in [0.15, 0.2) is 6.10 Å². The van der Waals surface area contributed by atoms with Crippen LogP contribution in [0, 0.1) is 0 Å². The molecule has 0 aromatic rings. The minimum absolute atomic E-state index is 0.0914. The molecule has 0 aromatic heterocycles. The second-order valence-electron chi connectivity index (χ2n) is 15.2. The van der Waals surface area contributed by atoms with Crippen LogP contribution >= 0.6 is 7.82 Å². The summed E-state index contributed by atoms with van der Waals surface area (Å²) in [6, 6.07) is 0. The van der Waals surface area contributed by atoms with Crippen molar-refractivity contribution < 1.29 is 63.1 Å². The molecule has 56 heavy (non-hydrogen) atoms. The molecule has 13 nitrogen and oxygen atoms in total. The molecule has 328 valence electrons. The number of aliphatic hydroxyl groups is 5. The zero-order valence-corrected chi connectivity index (χ0v) is 35.3. The first-order valence-corrected chi connectivity index (χ1v) is 23.1. The SMILES string of the molecule is CCC/C=C\CCCCCCCC(=O)OCC(COP(=O)(O)OC1C(O)C(O)C(O)C(O)C1O)OC(=O)CCCCCCCCC/C=C\CCCCCCCC. The van der Waals surface area contributed by atoms with Gasteiger partial charge in [0, 0.05) is 12.8 Å². The van der Waals surface area contributed by atoms with Gasteiger partial charge in [0.05, 0.1) is 6.61 Å². The number of phosphoric acid groups is 1. The molecule has 0 amide bonds. The Labute approximate surface area is 336 Å². The van der Waals surface area contributed by atoms with Crippen molar-refractivity contribution in [3.63, 3.8) is 0 Å². The number of rotatable bonds is 35. The highest BCUT2D eigenvalue weighted by Gasteiger charge is 2.51. The van der Waals surface area contributed by atoms with E-state index in [1.807, 2.05) is 0 Å². The van der Waals surface area contributed by atoms with E-state index in [0.717, 1.165) is 77.0 Å². The van der Waals surface area contributed by atoms with Crippen molar-refractivity contribution in [2.75, 3.05) is 13.2 Å². The van der Waals surface area contributed by atoms with Gasteiger partial charge in [0.25, 0.3) is 0 Å². The lowest BCUT2D eigenvalue weighted by molar-refractivity contribution is -0.220. The van der Waals surface area contributed by atoms with Crippen LogP contribution in [0.3, 0.4) is 0 Å². The molecule has 0 heterocycles.